The van der Waals surface area contributed by atoms with Gasteiger partial charge in [-0.3, -0.25) is 9.69 Å². The molecule has 0 aromatic carbocycles. The van der Waals surface area contributed by atoms with Crippen molar-refractivity contribution in [3.63, 3.8) is 0 Å². The number of carbonyl (C=O) groups is 1. The average Bonchev–Trinajstić information content (AvgIpc) is 2.35. The first-order valence-corrected chi connectivity index (χ1v) is 7.13. The minimum atomic E-state index is -4.31. The van der Waals surface area contributed by atoms with Gasteiger partial charge in [0.1, 0.15) is 6.04 Å². The van der Waals surface area contributed by atoms with E-state index in [9.17, 15) is 18.0 Å². The van der Waals surface area contributed by atoms with Crippen molar-refractivity contribution < 1.29 is 18.0 Å². The Morgan fingerprint density at radius 1 is 1.35 bits per heavy atom. The molecule has 1 aliphatic carbocycles. The van der Waals surface area contributed by atoms with Gasteiger partial charge < -0.3 is 10.6 Å². The standard InChI is InChI=1S/C13H22F3N3O/c1-12(3-2-4-12)11(20)18-9-10(13(14,15)16)19-7-5-17-6-8-19/h10,17H,2-9H2,1H3,(H,18,20). The van der Waals surface area contributed by atoms with Crippen LogP contribution < -0.4 is 10.6 Å². The predicted molar refractivity (Wildman–Crippen MR) is 69.3 cm³/mol. The zero-order chi connectivity index (χ0) is 14.8. The number of carbonyl (C=O) groups excluding carboxylic acids is 1. The highest BCUT2D eigenvalue weighted by Crippen LogP contribution is 2.40. The minimum Gasteiger partial charge on any atom is -0.354 e. The molecule has 1 saturated heterocycles. The normalized spacial score (nSPS) is 24.8. The molecule has 2 fully saturated rings. The van der Waals surface area contributed by atoms with Crippen LogP contribution in [0.3, 0.4) is 0 Å². The van der Waals surface area contributed by atoms with Crippen molar-refractivity contribution in [1.29, 1.82) is 0 Å². The van der Waals surface area contributed by atoms with E-state index in [0.717, 1.165) is 19.3 Å². The summed E-state index contributed by atoms with van der Waals surface area (Å²) in [6.07, 6.45) is -1.80. The van der Waals surface area contributed by atoms with E-state index in [0.29, 0.717) is 26.2 Å². The third-order valence-corrected chi connectivity index (χ3v) is 4.43. The maximum absolute atomic E-state index is 13.1. The van der Waals surface area contributed by atoms with Crippen LogP contribution in [0.5, 0.6) is 0 Å². The first-order valence-electron chi connectivity index (χ1n) is 7.13. The van der Waals surface area contributed by atoms with E-state index >= 15 is 0 Å². The summed E-state index contributed by atoms with van der Waals surface area (Å²) < 4.78 is 39.4. The highest BCUT2D eigenvalue weighted by Gasteiger charge is 2.45. The number of rotatable bonds is 4. The van der Waals surface area contributed by atoms with E-state index in [1.165, 1.54) is 4.90 Å². The van der Waals surface area contributed by atoms with Crippen LogP contribution in [0.4, 0.5) is 13.2 Å². The molecular formula is C13H22F3N3O. The Hall–Kier alpha value is -0.820. The summed E-state index contributed by atoms with van der Waals surface area (Å²) in [5, 5.41) is 5.54. The van der Waals surface area contributed by atoms with Gasteiger partial charge in [-0.1, -0.05) is 13.3 Å². The Kier molecular flexibility index (Phi) is 4.59. The SMILES string of the molecule is CC1(C(=O)NCC(N2CCNCC2)C(F)(F)F)CCC1. The second-order valence-electron chi connectivity index (χ2n) is 5.97. The largest absolute Gasteiger partial charge is 0.405 e. The van der Waals surface area contributed by atoms with Crippen molar-refractivity contribution in [2.24, 2.45) is 5.41 Å². The van der Waals surface area contributed by atoms with Crippen molar-refractivity contribution in [1.82, 2.24) is 15.5 Å². The molecule has 4 nitrogen and oxygen atoms in total. The Bertz CT molecular complexity index is 349. The van der Waals surface area contributed by atoms with Crippen LogP contribution in [0.25, 0.3) is 0 Å². The van der Waals surface area contributed by atoms with Crippen LogP contribution in [-0.2, 0) is 4.79 Å². The van der Waals surface area contributed by atoms with Gasteiger partial charge in [0.2, 0.25) is 5.91 Å². The van der Waals surface area contributed by atoms with Crippen molar-refractivity contribution in [2.75, 3.05) is 32.7 Å². The molecule has 1 saturated carbocycles. The topological polar surface area (TPSA) is 44.4 Å². The Labute approximate surface area is 117 Å². The number of piperazine rings is 1. The summed E-state index contributed by atoms with van der Waals surface area (Å²) in [6, 6.07) is -1.59. The molecule has 1 amide bonds. The van der Waals surface area contributed by atoms with Crippen LogP contribution in [-0.4, -0.2) is 55.7 Å². The van der Waals surface area contributed by atoms with Gasteiger partial charge in [-0.15, -0.1) is 0 Å². The lowest BCUT2D eigenvalue weighted by Gasteiger charge is -2.39. The molecule has 1 aliphatic heterocycles. The summed E-state index contributed by atoms with van der Waals surface area (Å²) >= 11 is 0. The molecule has 0 spiro atoms. The molecule has 1 atom stereocenters. The second kappa shape index (κ2) is 5.89. The van der Waals surface area contributed by atoms with Gasteiger partial charge in [-0.2, -0.15) is 13.2 Å². The highest BCUT2D eigenvalue weighted by molar-refractivity contribution is 5.83. The molecule has 0 aromatic rings. The van der Waals surface area contributed by atoms with E-state index in [4.69, 9.17) is 0 Å². The molecule has 0 radical (unpaired) electrons. The lowest BCUT2D eigenvalue weighted by atomic mass is 9.70. The Balaban J connectivity index is 1.92. The fourth-order valence-electron chi connectivity index (χ4n) is 2.78. The zero-order valence-corrected chi connectivity index (χ0v) is 11.7. The molecule has 7 heteroatoms. The minimum absolute atomic E-state index is 0.242. The maximum Gasteiger partial charge on any atom is 0.405 e. The highest BCUT2D eigenvalue weighted by atomic mass is 19.4. The zero-order valence-electron chi connectivity index (χ0n) is 11.7. The average molecular weight is 293 g/mol. The first-order chi connectivity index (χ1) is 9.33. The summed E-state index contributed by atoms with van der Waals surface area (Å²) in [5.74, 6) is -0.242. The number of hydrogen-bond acceptors (Lipinski definition) is 3. The smallest absolute Gasteiger partial charge is 0.354 e. The van der Waals surface area contributed by atoms with Gasteiger partial charge in [0.25, 0.3) is 0 Å². The van der Waals surface area contributed by atoms with E-state index in [1.807, 2.05) is 6.92 Å². The lowest BCUT2D eigenvalue weighted by molar-refractivity contribution is -0.184. The third-order valence-electron chi connectivity index (χ3n) is 4.43. The van der Waals surface area contributed by atoms with Crippen LogP contribution in [0.15, 0.2) is 0 Å². The van der Waals surface area contributed by atoms with E-state index < -0.39 is 17.6 Å². The quantitative estimate of drug-likeness (QED) is 0.817. The summed E-state index contributed by atoms with van der Waals surface area (Å²) in [6.45, 7) is 3.29. The summed E-state index contributed by atoms with van der Waals surface area (Å²) in [5.41, 5.74) is -0.459. The monoisotopic (exact) mass is 293 g/mol. The second-order valence-corrected chi connectivity index (χ2v) is 5.97. The number of alkyl halides is 3. The van der Waals surface area contributed by atoms with Crippen molar-refractivity contribution in [3.8, 4) is 0 Å². The lowest BCUT2D eigenvalue weighted by Crippen LogP contribution is -2.58. The van der Waals surface area contributed by atoms with Gasteiger partial charge in [0.05, 0.1) is 0 Å². The van der Waals surface area contributed by atoms with Gasteiger partial charge in [0.15, 0.2) is 0 Å². The van der Waals surface area contributed by atoms with Gasteiger partial charge >= 0.3 is 6.18 Å². The van der Waals surface area contributed by atoms with Crippen LogP contribution in [0, 0.1) is 5.41 Å². The molecule has 1 unspecified atom stereocenters. The van der Waals surface area contributed by atoms with Gasteiger partial charge in [-0.05, 0) is 12.8 Å². The molecule has 2 aliphatic rings. The number of nitrogens with one attached hydrogen (secondary N) is 2. The first kappa shape index (κ1) is 15.6. The van der Waals surface area contributed by atoms with Crippen LogP contribution in [0.2, 0.25) is 0 Å². The number of halogens is 3. The molecule has 2 N–H and O–H groups in total. The predicted octanol–water partition coefficient (Wildman–Crippen LogP) is 1.13. The Morgan fingerprint density at radius 2 is 1.95 bits per heavy atom. The maximum atomic E-state index is 13.1. The van der Waals surface area contributed by atoms with Gasteiger partial charge in [-0.25, -0.2) is 0 Å². The van der Waals surface area contributed by atoms with Gasteiger partial charge in [0, 0.05) is 38.1 Å². The molecule has 20 heavy (non-hydrogen) atoms. The van der Waals surface area contributed by atoms with E-state index in [2.05, 4.69) is 10.6 Å². The Morgan fingerprint density at radius 3 is 2.40 bits per heavy atom. The molecule has 0 aromatic heterocycles. The van der Waals surface area contributed by atoms with E-state index in [-0.39, 0.29) is 12.5 Å². The fourth-order valence-corrected chi connectivity index (χ4v) is 2.78. The molecule has 0 bridgehead atoms. The number of nitrogens with zero attached hydrogens (tertiary/aromatic N) is 1. The summed E-state index contributed by atoms with van der Waals surface area (Å²) in [4.78, 5) is 13.4. The van der Waals surface area contributed by atoms with Crippen molar-refractivity contribution in [2.45, 2.75) is 38.4 Å². The summed E-state index contributed by atoms with van der Waals surface area (Å²) in [7, 11) is 0. The number of hydrogen-bond donors (Lipinski definition) is 2. The van der Waals surface area contributed by atoms with Crippen LogP contribution >= 0.6 is 0 Å². The molecular weight excluding hydrogens is 271 g/mol. The van der Waals surface area contributed by atoms with E-state index in [1.54, 1.807) is 0 Å². The molecule has 116 valence electrons. The number of amides is 1. The van der Waals surface area contributed by atoms with Crippen LogP contribution in [0.1, 0.15) is 26.2 Å². The molecule has 2 rings (SSSR count). The molecule has 1 heterocycles. The fraction of sp³-hybridized carbons (Fsp3) is 0.923. The third kappa shape index (κ3) is 3.44. The van der Waals surface area contributed by atoms with Crippen molar-refractivity contribution in [3.05, 3.63) is 0 Å². The van der Waals surface area contributed by atoms with Crippen molar-refractivity contribution >= 4 is 5.91 Å².